The van der Waals surface area contributed by atoms with Gasteiger partial charge in [-0.05, 0) is 42.8 Å². The van der Waals surface area contributed by atoms with Crippen LogP contribution in [0.15, 0.2) is 60.7 Å². The smallest absolute Gasteiger partial charge is 0.120 e. The molecule has 3 nitrogen and oxygen atoms in total. The van der Waals surface area contributed by atoms with Crippen molar-refractivity contribution in [3.05, 3.63) is 71.1 Å². The molecule has 0 unspecified atom stereocenters. The van der Waals surface area contributed by atoms with Crippen LogP contribution in [-0.2, 0) is 6.54 Å². The predicted octanol–water partition coefficient (Wildman–Crippen LogP) is 4.98. The normalized spacial score (nSPS) is 12.1. The van der Waals surface area contributed by atoms with Gasteiger partial charge in [-0.1, -0.05) is 30.3 Å². The molecule has 0 bridgehead atoms. The number of methoxy groups -OCH3 is 1. The van der Waals surface area contributed by atoms with E-state index < -0.39 is 0 Å². The molecule has 2 aromatic carbocycles. The monoisotopic (exact) mass is 339 g/mol. The molecule has 1 heterocycles. The third kappa shape index (κ3) is 3.78. The first-order chi connectivity index (χ1) is 11.7. The zero-order valence-corrected chi connectivity index (χ0v) is 14.6. The highest BCUT2D eigenvalue weighted by molar-refractivity contribution is 7.15. The highest BCUT2D eigenvalue weighted by Crippen LogP contribution is 2.30. The summed E-state index contributed by atoms with van der Waals surface area (Å²) in [5.74, 6) is 1.03. The molecule has 1 aromatic heterocycles. The first kappa shape index (κ1) is 16.6. The van der Waals surface area contributed by atoms with Gasteiger partial charge < -0.3 is 15.2 Å². The molecule has 3 rings (SSSR count). The summed E-state index contributed by atoms with van der Waals surface area (Å²) in [6.07, 6.45) is 0. The summed E-state index contributed by atoms with van der Waals surface area (Å²) in [5.41, 5.74) is 2.08. The number of ether oxygens (including phenoxy) is 1. The second kappa shape index (κ2) is 7.51. The molecule has 0 amide bonds. The second-order valence-corrected chi connectivity index (χ2v) is 6.83. The highest BCUT2D eigenvalue weighted by atomic mass is 32.1. The maximum Gasteiger partial charge on any atom is 0.120 e. The Hall–Kier alpha value is -2.30. The molecule has 2 N–H and O–H groups in total. The van der Waals surface area contributed by atoms with Crippen LogP contribution in [0, 0.1) is 0 Å². The van der Waals surface area contributed by atoms with Gasteiger partial charge in [-0.2, -0.15) is 0 Å². The van der Waals surface area contributed by atoms with Gasteiger partial charge in [0.05, 0.1) is 7.11 Å². The van der Waals surface area contributed by atoms with E-state index >= 15 is 0 Å². The molecule has 124 valence electrons. The van der Waals surface area contributed by atoms with Gasteiger partial charge in [-0.25, -0.2) is 0 Å². The maximum atomic E-state index is 10.1. The van der Waals surface area contributed by atoms with Crippen LogP contribution in [0.3, 0.4) is 0 Å². The van der Waals surface area contributed by atoms with Crippen molar-refractivity contribution in [3.8, 4) is 21.9 Å². The zero-order valence-electron chi connectivity index (χ0n) is 13.8. The lowest BCUT2D eigenvalue weighted by molar-refractivity contribution is 0.407. The van der Waals surface area contributed by atoms with Crippen molar-refractivity contribution in [2.45, 2.75) is 19.5 Å². The van der Waals surface area contributed by atoms with Gasteiger partial charge in [0.2, 0.25) is 0 Å². The summed E-state index contributed by atoms with van der Waals surface area (Å²) < 4.78 is 5.24. The number of benzene rings is 2. The number of phenols is 1. The fourth-order valence-electron chi connectivity index (χ4n) is 2.60. The summed E-state index contributed by atoms with van der Waals surface area (Å²) >= 11 is 1.79. The Labute approximate surface area is 146 Å². The van der Waals surface area contributed by atoms with Crippen LogP contribution in [0.4, 0.5) is 0 Å². The van der Waals surface area contributed by atoms with E-state index in [2.05, 4.69) is 41.7 Å². The number of nitrogens with one attached hydrogen (secondary N) is 1. The lowest BCUT2D eigenvalue weighted by Crippen LogP contribution is -2.17. The maximum absolute atomic E-state index is 10.1. The van der Waals surface area contributed by atoms with Crippen molar-refractivity contribution >= 4 is 11.3 Å². The number of aromatic hydroxyl groups is 1. The molecular weight excluding hydrogens is 318 g/mol. The average Bonchev–Trinajstić information content (AvgIpc) is 3.10. The molecule has 0 aliphatic heterocycles. The van der Waals surface area contributed by atoms with Crippen LogP contribution >= 0.6 is 11.3 Å². The van der Waals surface area contributed by atoms with Crippen molar-refractivity contribution < 1.29 is 9.84 Å². The van der Waals surface area contributed by atoms with Crippen LogP contribution in [0.2, 0.25) is 0 Å². The zero-order chi connectivity index (χ0) is 16.9. The highest BCUT2D eigenvalue weighted by Gasteiger charge is 2.12. The van der Waals surface area contributed by atoms with Gasteiger partial charge in [-0.15, -0.1) is 11.3 Å². The minimum Gasteiger partial charge on any atom is -0.508 e. The van der Waals surface area contributed by atoms with Crippen LogP contribution in [-0.4, -0.2) is 12.2 Å². The Morgan fingerprint density at radius 1 is 1.08 bits per heavy atom. The summed E-state index contributed by atoms with van der Waals surface area (Å²) in [6, 6.07) is 20.0. The fourth-order valence-corrected chi connectivity index (χ4v) is 3.56. The molecule has 0 saturated heterocycles. The molecule has 0 aliphatic rings. The second-order valence-electron chi connectivity index (χ2n) is 5.66. The van der Waals surface area contributed by atoms with E-state index in [0.717, 1.165) is 17.9 Å². The van der Waals surface area contributed by atoms with E-state index in [0.29, 0.717) is 0 Å². The van der Waals surface area contributed by atoms with Crippen molar-refractivity contribution in [3.63, 3.8) is 0 Å². The van der Waals surface area contributed by atoms with E-state index in [-0.39, 0.29) is 11.8 Å². The first-order valence-electron chi connectivity index (χ1n) is 7.92. The molecule has 0 spiro atoms. The Balaban J connectivity index is 1.67. The number of hydrogen-bond donors (Lipinski definition) is 2. The van der Waals surface area contributed by atoms with Crippen LogP contribution in [0.1, 0.15) is 23.4 Å². The SMILES string of the molecule is COc1ccc(O)c([C@H](C)NCc2ccc(-c3ccccc3)s2)c1. The molecule has 24 heavy (non-hydrogen) atoms. The lowest BCUT2D eigenvalue weighted by Gasteiger charge is -2.16. The number of hydrogen-bond acceptors (Lipinski definition) is 4. The van der Waals surface area contributed by atoms with Crippen molar-refractivity contribution in [2.75, 3.05) is 7.11 Å². The standard InChI is InChI=1S/C20H21NO2S/c1-14(18-12-16(23-2)8-10-19(18)22)21-13-17-9-11-20(24-17)15-6-4-3-5-7-15/h3-12,14,21-22H,13H2,1-2H3/t14-/m0/s1. The Bertz CT molecular complexity index is 798. The lowest BCUT2D eigenvalue weighted by atomic mass is 10.1. The van der Waals surface area contributed by atoms with Crippen LogP contribution in [0.5, 0.6) is 11.5 Å². The number of phenolic OH excluding ortho intramolecular Hbond substituents is 1. The van der Waals surface area contributed by atoms with E-state index in [4.69, 9.17) is 4.74 Å². The molecule has 0 saturated carbocycles. The molecule has 0 radical (unpaired) electrons. The van der Waals surface area contributed by atoms with Crippen molar-refractivity contribution in [1.29, 1.82) is 0 Å². The van der Waals surface area contributed by atoms with Gasteiger partial charge in [-0.3, -0.25) is 0 Å². The predicted molar refractivity (Wildman–Crippen MR) is 99.7 cm³/mol. The van der Waals surface area contributed by atoms with Crippen molar-refractivity contribution in [2.24, 2.45) is 0 Å². The first-order valence-corrected chi connectivity index (χ1v) is 8.73. The fraction of sp³-hybridized carbons (Fsp3) is 0.200. The molecule has 0 aliphatic carbocycles. The number of thiophene rings is 1. The third-order valence-electron chi connectivity index (χ3n) is 4.00. The quantitative estimate of drug-likeness (QED) is 0.665. The number of rotatable bonds is 6. The van der Waals surface area contributed by atoms with Gasteiger partial charge in [0.1, 0.15) is 11.5 Å². The Morgan fingerprint density at radius 3 is 2.62 bits per heavy atom. The van der Waals surface area contributed by atoms with Crippen LogP contribution in [0.25, 0.3) is 10.4 Å². The molecule has 4 heteroatoms. The summed E-state index contributed by atoms with van der Waals surface area (Å²) in [7, 11) is 1.63. The minimum atomic E-state index is 0.0300. The topological polar surface area (TPSA) is 41.5 Å². The Kier molecular flexibility index (Phi) is 5.18. The molecule has 1 atom stereocenters. The average molecular weight is 339 g/mol. The van der Waals surface area contributed by atoms with E-state index in [9.17, 15) is 5.11 Å². The van der Waals surface area contributed by atoms with Gasteiger partial charge in [0.15, 0.2) is 0 Å². The van der Waals surface area contributed by atoms with Gasteiger partial charge >= 0.3 is 0 Å². The summed E-state index contributed by atoms with van der Waals surface area (Å²) in [4.78, 5) is 2.53. The minimum absolute atomic E-state index is 0.0300. The van der Waals surface area contributed by atoms with Gasteiger partial charge in [0, 0.05) is 27.9 Å². The summed E-state index contributed by atoms with van der Waals surface area (Å²) in [6.45, 7) is 2.80. The van der Waals surface area contributed by atoms with E-state index in [1.807, 2.05) is 19.1 Å². The van der Waals surface area contributed by atoms with E-state index in [1.54, 1.807) is 30.6 Å². The van der Waals surface area contributed by atoms with E-state index in [1.165, 1.54) is 15.3 Å². The largest absolute Gasteiger partial charge is 0.508 e. The molecule has 3 aromatic rings. The third-order valence-corrected chi connectivity index (χ3v) is 5.14. The molecular formula is C20H21NO2S. The van der Waals surface area contributed by atoms with Gasteiger partial charge in [0.25, 0.3) is 0 Å². The van der Waals surface area contributed by atoms with Crippen LogP contribution < -0.4 is 10.1 Å². The molecule has 0 fully saturated rings. The van der Waals surface area contributed by atoms with Crippen molar-refractivity contribution in [1.82, 2.24) is 5.32 Å². The summed E-state index contributed by atoms with van der Waals surface area (Å²) in [5, 5.41) is 13.5. The Morgan fingerprint density at radius 2 is 1.88 bits per heavy atom.